The number of imidazole rings is 2. The Balaban J connectivity index is 1.16. The van der Waals surface area contributed by atoms with Gasteiger partial charge in [0.1, 0.15) is 30.0 Å². The summed E-state index contributed by atoms with van der Waals surface area (Å²) >= 11 is 0. The van der Waals surface area contributed by atoms with Crippen molar-refractivity contribution in [2.24, 2.45) is 0 Å². The zero-order valence-corrected chi connectivity index (χ0v) is 34.2. The zero-order valence-electron chi connectivity index (χ0n) is 34.2. The number of hydrogen-bond donors (Lipinski definition) is 3. The lowest BCUT2D eigenvalue weighted by molar-refractivity contribution is -0.136. The fourth-order valence-electron chi connectivity index (χ4n) is 7.73. The SMILES string of the molecule is CCCN(Cc1nc2c(ccc3cc4c(cc32)OCc2cc(-c3nc(CN(C(=O)[C@H](CC)NC(=O)OC)C(C)CC)[nH]c3C3CC3)ccc2-4)[nH]1)C(=O)C[C@@H](C)OC. The first-order valence-corrected chi connectivity index (χ1v) is 20.3. The number of benzene rings is 3. The monoisotopic (exact) mass is 777 g/mol. The Kier molecular flexibility index (Phi) is 11.8. The molecule has 3 heterocycles. The molecule has 0 bridgehead atoms. The number of fused-ring (bicyclic) bond motifs is 6. The van der Waals surface area contributed by atoms with Crippen LogP contribution in [0.3, 0.4) is 0 Å². The minimum absolute atomic E-state index is 0.0500. The van der Waals surface area contributed by atoms with Crippen LogP contribution in [-0.4, -0.2) is 86.6 Å². The lowest BCUT2D eigenvalue weighted by Gasteiger charge is -2.31. The molecule has 2 aliphatic rings. The fourth-order valence-corrected chi connectivity index (χ4v) is 7.73. The van der Waals surface area contributed by atoms with Gasteiger partial charge >= 0.3 is 6.09 Å². The van der Waals surface area contributed by atoms with Gasteiger partial charge < -0.3 is 39.3 Å². The Labute approximate surface area is 333 Å². The third kappa shape index (κ3) is 8.34. The van der Waals surface area contributed by atoms with Gasteiger partial charge in [-0.1, -0.05) is 39.0 Å². The topological polar surface area (TPSA) is 155 Å². The number of H-pyrrole nitrogens is 2. The summed E-state index contributed by atoms with van der Waals surface area (Å²) in [6.07, 6.45) is 3.79. The van der Waals surface area contributed by atoms with E-state index < -0.39 is 12.1 Å². The van der Waals surface area contributed by atoms with Crippen LogP contribution in [0, 0.1) is 0 Å². The molecule has 302 valence electrons. The number of ether oxygens (including phenoxy) is 3. The van der Waals surface area contributed by atoms with Crippen LogP contribution in [0.2, 0.25) is 0 Å². The summed E-state index contributed by atoms with van der Waals surface area (Å²) in [4.78, 5) is 59.6. The van der Waals surface area contributed by atoms with E-state index in [1.807, 2.05) is 32.6 Å². The second-order valence-corrected chi connectivity index (χ2v) is 15.5. The average Bonchev–Trinajstić information content (AvgIpc) is 3.85. The minimum Gasteiger partial charge on any atom is -0.488 e. The van der Waals surface area contributed by atoms with Crippen molar-refractivity contribution in [2.75, 3.05) is 20.8 Å². The maximum Gasteiger partial charge on any atom is 0.407 e. The molecule has 7 rings (SSSR count). The number of hydrogen-bond acceptors (Lipinski definition) is 8. The average molecular weight is 778 g/mol. The normalized spacial score (nSPS) is 15.0. The summed E-state index contributed by atoms with van der Waals surface area (Å²) in [5, 5.41) is 4.73. The maximum atomic E-state index is 13.7. The van der Waals surface area contributed by atoms with Crippen LogP contribution in [0.5, 0.6) is 5.75 Å². The van der Waals surface area contributed by atoms with E-state index in [0.29, 0.717) is 45.0 Å². The summed E-state index contributed by atoms with van der Waals surface area (Å²) in [7, 11) is 2.92. The van der Waals surface area contributed by atoms with E-state index in [1.165, 1.54) is 7.11 Å². The highest BCUT2D eigenvalue weighted by atomic mass is 16.5. The van der Waals surface area contributed by atoms with E-state index in [0.717, 1.165) is 98.5 Å². The van der Waals surface area contributed by atoms with Crippen molar-refractivity contribution >= 4 is 39.7 Å². The van der Waals surface area contributed by atoms with Crippen LogP contribution in [0.4, 0.5) is 4.79 Å². The number of aromatic amines is 2. The Morgan fingerprint density at radius 2 is 1.74 bits per heavy atom. The minimum atomic E-state index is -0.693. The van der Waals surface area contributed by atoms with Gasteiger partial charge in [-0.2, -0.15) is 0 Å². The number of carbonyl (C=O) groups is 3. The van der Waals surface area contributed by atoms with E-state index in [-0.39, 0.29) is 24.0 Å². The number of nitrogens with zero attached hydrogens (tertiary/aromatic N) is 4. The Morgan fingerprint density at radius 1 is 0.947 bits per heavy atom. The van der Waals surface area contributed by atoms with Gasteiger partial charge in [0.15, 0.2) is 0 Å². The molecule has 1 unspecified atom stereocenters. The van der Waals surface area contributed by atoms with Crippen molar-refractivity contribution in [3.05, 3.63) is 65.4 Å². The van der Waals surface area contributed by atoms with E-state index in [2.05, 4.69) is 64.7 Å². The van der Waals surface area contributed by atoms with E-state index in [4.69, 9.17) is 24.2 Å². The van der Waals surface area contributed by atoms with Crippen molar-refractivity contribution in [3.8, 4) is 28.1 Å². The van der Waals surface area contributed by atoms with E-state index in [1.54, 1.807) is 12.0 Å². The van der Waals surface area contributed by atoms with Gasteiger partial charge in [-0.3, -0.25) is 9.59 Å². The first-order chi connectivity index (χ1) is 27.5. The largest absolute Gasteiger partial charge is 0.488 e. The van der Waals surface area contributed by atoms with Crippen molar-refractivity contribution in [1.82, 2.24) is 35.1 Å². The van der Waals surface area contributed by atoms with Gasteiger partial charge in [-0.25, -0.2) is 14.8 Å². The molecule has 57 heavy (non-hydrogen) atoms. The third-order valence-electron chi connectivity index (χ3n) is 11.4. The molecule has 13 nitrogen and oxygen atoms in total. The number of nitrogens with one attached hydrogen (secondary N) is 3. The van der Waals surface area contributed by atoms with Crippen molar-refractivity contribution < 1.29 is 28.6 Å². The van der Waals surface area contributed by atoms with E-state index in [9.17, 15) is 14.4 Å². The molecule has 0 saturated heterocycles. The van der Waals surface area contributed by atoms with Crippen molar-refractivity contribution in [1.29, 1.82) is 0 Å². The number of aromatic nitrogens is 4. The summed E-state index contributed by atoms with van der Waals surface area (Å²) in [6, 6.07) is 14.1. The number of methoxy groups -OCH3 is 2. The molecule has 3 amide bonds. The van der Waals surface area contributed by atoms with Gasteiger partial charge in [0.2, 0.25) is 11.8 Å². The number of rotatable bonds is 16. The van der Waals surface area contributed by atoms with E-state index >= 15 is 0 Å². The van der Waals surface area contributed by atoms with Gasteiger partial charge in [0, 0.05) is 47.8 Å². The van der Waals surface area contributed by atoms with Crippen molar-refractivity contribution in [2.45, 2.75) is 117 Å². The summed E-state index contributed by atoms with van der Waals surface area (Å²) in [5.41, 5.74) is 7.98. The molecule has 1 fully saturated rings. The molecule has 3 atom stereocenters. The summed E-state index contributed by atoms with van der Waals surface area (Å²) in [6.45, 7) is 11.7. The number of alkyl carbamates (subject to hydrolysis) is 1. The highest BCUT2D eigenvalue weighted by Crippen LogP contribution is 2.46. The van der Waals surface area contributed by atoms with Gasteiger partial charge in [0.25, 0.3) is 0 Å². The number of carbonyl (C=O) groups excluding carboxylic acids is 3. The molecule has 1 aliphatic heterocycles. The second kappa shape index (κ2) is 17.0. The van der Waals surface area contributed by atoms with Crippen LogP contribution in [0.1, 0.15) is 102 Å². The summed E-state index contributed by atoms with van der Waals surface area (Å²) < 4.78 is 16.6. The van der Waals surface area contributed by atoms with Gasteiger partial charge in [-0.05, 0) is 86.7 Å². The van der Waals surface area contributed by atoms with Crippen LogP contribution in [-0.2, 0) is 38.8 Å². The standard InChI is InChI=1S/C44H55N7O6/c1-8-17-50(39(52)18-26(5)55-6)22-37-45-35-16-14-28-20-33-31-15-13-29(19-30(31)24-57-36(33)21-32(28)42(35)49-37)41-40(27-11-12-27)47-38(48-41)23-51(25(4)9-2)43(53)34(10-3)46-44(54)56-7/h13-16,19-21,25-27,34H,8-12,17-18,22-24H2,1-7H3,(H,45,49)(H,46,54)(H,47,48)/t25?,26-,34+/m1/s1. The Morgan fingerprint density at radius 3 is 2.44 bits per heavy atom. The smallest absolute Gasteiger partial charge is 0.407 e. The van der Waals surface area contributed by atoms with Crippen LogP contribution in [0.15, 0.2) is 42.5 Å². The lowest BCUT2D eigenvalue weighted by Crippen LogP contribution is -2.50. The third-order valence-corrected chi connectivity index (χ3v) is 11.4. The second-order valence-electron chi connectivity index (χ2n) is 15.5. The molecule has 13 heteroatoms. The molecule has 5 aromatic rings. The molecular weight excluding hydrogens is 723 g/mol. The molecular formula is C44H55N7O6. The molecule has 1 aliphatic carbocycles. The molecule has 0 radical (unpaired) electrons. The number of amides is 3. The highest BCUT2D eigenvalue weighted by molar-refractivity contribution is 6.07. The van der Waals surface area contributed by atoms with Crippen molar-refractivity contribution in [3.63, 3.8) is 0 Å². The molecule has 0 spiro atoms. The molecule has 2 aromatic heterocycles. The highest BCUT2D eigenvalue weighted by Gasteiger charge is 2.33. The van der Waals surface area contributed by atoms with Gasteiger partial charge in [0.05, 0.1) is 49.5 Å². The predicted molar refractivity (Wildman–Crippen MR) is 220 cm³/mol. The Bertz CT molecular complexity index is 2280. The first-order valence-electron chi connectivity index (χ1n) is 20.3. The zero-order chi connectivity index (χ0) is 40.4. The van der Waals surface area contributed by atoms with Gasteiger partial charge in [-0.15, -0.1) is 0 Å². The molecule has 3 N–H and O–H groups in total. The predicted octanol–water partition coefficient (Wildman–Crippen LogP) is 7.97. The van der Waals surface area contributed by atoms with Crippen LogP contribution < -0.4 is 10.1 Å². The quantitative estimate of drug-likeness (QED) is 0.0912. The first kappa shape index (κ1) is 39.8. The Hall–Kier alpha value is -5.43. The molecule has 3 aromatic carbocycles. The maximum absolute atomic E-state index is 13.7. The fraction of sp³-hybridized carbons (Fsp3) is 0.477. The lowest BCUT2D eigenvalue weighted by atomic mass is 9.92. The van der Waals surface area contributed by atoms with Crippen LogP contribution >= 0.6 is 0 Å². The van der Waals surface area contributed by atoms with Crippen LogP contribution in [0.25, 0.3) is 44.2 Å². The molecule has 1 saturated carbocycles. The summed E-state index contributed by atoms with van der Waals surface area (Å²) in [5.74, 6) is 2.55.